The van der Waals surface area contributed by atoms with Crippen LogP contribution >= 0.6 is 11.8 Å². The Bertz CT molecular complexity index is 891. The van der Waals surface area contributed by atoms with Crippen molar-refractivity contribution in [3.63, 3.8) is 0 Å². The quantitative estimate of drug-likeness (QED) is 0.695. The number of hydrogen-bond donors (Lipinski definition) is 2. The summed E-state index contributed by atoms with van der Waals surface area (Å²) in [6.07, 6.45) is 3.51. The highest BCUT2D eigenvalue weighted by molar-refractivity contribution is 7.99. The molecule has 1 aromatic carbocycles. The molecule has 0 spiro atoms. The highest BCUT2D eigenvalue weighted by Crippen LogP contribution is 2.23. The van der Waals surface area contributed by atoms with E-state index in [1.54, 1.807) is 19.5 Å². The molecule has 2 N–H and O–H groups in total. The second-order valence-corrected chi connectivity index (χ2v) is 6.38. The van der Waals surface area contributed by atoms with Crippen LogP contribution in [0.4, 0.5) is 5.69 Å². The maximum Gasteiger partial charge on any atom is 0.234 e. The predicted molar refractivity (Wildman–Crippen MR) is 95.7 cm³/mol. The van der Waals surface area contributed by atoms with Crippen molar-refractivity contribution in [3.05, 3.63) is 41.7 Å². The number of amides is 1. The highest BCUT2D eigenvalue weighted by atomic mass is 32.2. The monoisotopic (exact) mass is 342 g/mol. The number of benzene rings is 1. The van der Waals surface area contributed by atoms with Gasteiger partial charge in [-0.3, -0.25) is 9.78 Å². The van der Waals surface area contributed by atoms with E-state index in [0.717, 1.165) is 27.9 Å². The van der Waals surface area contributed by atoms with Gasteiger partial charge in [-0.05, 0) is 31.0 Å². The number of H-pyrrole nitrogens is 1. The molecular formula is C17H18N4O2S. The lowest BCUT2D eigenvalue weighted by atomic mass is 10.2. The molecule has 0 aliphatic carbocycles. The number of carbonyl (C=O) groups is 1. The van der Waals surface area contributed by atoms with Gasteiger partial charge in [-0.2, -0.15) is 0 Å². The number of anilines is 1. The first-order chi connectivity index (χ1) is 11.6. The van der Waals surface area contributed by atoms with Crippen LogP contribution in [0.3, 0.4) is 0 Å². The number of aromatic amines is 1. The van der Waals surface area contributed by atoms with E-state index in [4.69, 9.17) is 4.74 Å². The summed E-state index contributed by atoms with van der Waals surface area (Å²) in [6.45, 7) is 3.92. The molecule has 0 saturated heterocycles. The van der Waals surface area contributed by atoms with Crippen molar-refractivity contribution in [2.24, 2.45) is 0 Å². The smallest absolute Gasteiger partial charge is 0.234 e. The molecule has 0 radical (unpaired) electrons. The van der Waals surface area contributed by atoms with Crippen LogP contribution in [0.15, 0.2) is 35.7 Å². The lowest BCUT2D eigenvalue weighted by molar-refractivity contribution is -0.113. The zero-order chi connectivity index (χ0) is 17.1. The number of nitrogens with one attached hydrogen (secondary N) is 2. The lowest BCUT2D eigenvalue weighted by Gasteiger charge is -2.08. The molecule has 0 atom stereocenters. The Labute approximate surface area is 144 Å². The predicted octanol–water partition coefficient (Wildman–Crippen LogP) is 3.31. The third-order valence-corrected chi connectivity index (χ3v) is 4.46. The molecule has 1 amide bonds. The van der Waals surface area contributed by atoms with Gasteiger partial charge in [-0.15, -0.1) is 0 Å². The Morgan fingerprint density at radius 3 is 2.88 bits per heavy atom. The van der Waals surface area contributed by atoms with E-state index in [0.29, 0.717) is 10.8 Å². The number of rotatable bonds is 5. The van der Waals surface area contributed by atoms with E-state index in [-0.39, 0.29) is 11.7 Å². The molecule has 7 heteroatoms. The van der Waals surface area contributed by atoms with Gasteiger partial charge in [-0.25, -0.2) is 4.98 Å². The van der Waals surface area contributed by atoms with E-state index in [1.807, 2.05) is 32.0 Å². The largest absolute Gasteiger partial charge is 0.496 e. The Morgan fingerprint density at radius 1 is 1.29 bits per heavy atom. The number of aromatic nitrogens is 3. The number of nitrogens with zero attached hydrogens (tertiary/aromatic N) is 2. The third kappa shape index (κ3) is 3.51. The average molecular weight is 342 g/mol. The Kier molecular flexibility index (Phi) is 4.71. The van der Waals surface area contributed by atoms with Crippen LogP contribution in [0, 0.1) is 13.8 Å². The summed E-state index contributed by atoms with van der Waals surface area (Å²) < 4.78 is 5.26. The van der Waals surface area contributed by atoms with Gasteiger partial charge in [0.15, 0.2) is 5.16 Å². The second kappa shape index (κ2) is 6.92. The molecule has 2 aromatic heterocycles. The first-order valence-electron chi connectivity index (χ1n) is 7.44. The van der Waals surface area contributed by atoms with Gasteiger partial charge in [0.1, 0.15) is 5.75 Å². The number of methoxy groups -OCH3 is 1. The SMILES string of the molecule is COc1cc(NC(=O)CSc2nc3c(C)cncc3[nH]2)ccc1C. The number of hydrogen-bond acceptors (Lipinski definition) is 5. The van der Waals surface area contributed by atoms with E-state index < -0.39 is 0 Å². The summed E-state index contributed by atoms with van der Waals surface area (Å²) in [5, 5.41) is 3.57. The fraction of sp³-hybridized carbons (Fsp3) is 0.235. The minimum atomic E-state index is -0.0961. The van der Waals surface area contributed by atoms with Crippen LogP contribution in [0.5, 0.6) is 5.75 Å². The molecular weight excluding hydrogens is 324 g/mol. The summed E-state index contributed by atoms with van der Waals surface area (Å²) in [6, 6.07) is 5.58. The molecule has 3 aromatic rings. The molecule has 2 heterocycles. The molecule has 0 fully saturated rings. The van der Waals surface area contributed by atoms with Gasteiger partial charge in [0, 0.05) is 18.0 Å². The fourth-order valence-electron chi connectivity index (χ4n) is 2.34. The van der Waals surface area contributed by atoms with Crippen molar-refractivity contribution in [2.45, 2.75) is 19.0 Å². The first-order valence-corrected chi connectivity index (χ1v) is 8.43. The van der Waals surface area contributed by atoms with Gasteiger partial charge in [0.2, 0.25) is 5.91 Å². The molecule has 3 rings (SSSR count). The second-order valence-electron chi connectivity index (χ2n) is 5.42. The van der Waals surface area contributed by atoms with E-state index >= 15 is 0 Å². The zero-order valence-corrected chi connectivity index (χ0v) is 14.5. The van der Waals surface area contributed by atoms with Gasteiger partial charge in [0.25, 0.3) is 0 Å². The zero-order valence-electron chi connectivity index (χ0n) is 13.7. The maximum atomic E-state index is 12.1. The summed E-state index contributed by atoms with van der Waals surface area (Å²) in [4.78, 5) is 23.9. The van der Waals surface area contributed by atoms with E-state index in [1.165, 1.54) is 11.8 Å². The van der Waals surface area contributed by atoms with Gasteiger partial charge < -0.3 is 15.0 Å². The molecule has 0 aliphatic rings. The van der Waals surface area contributed by atoms with Gasteiger partial charge in [0.05, 0.1) is 30.1 Å². The topological polar surface area (TPSA) is 79.9 Å². The van der Waals surface area contributed by atoms with Crippen LogP contribution in [-0.2, 0) is 4.79 Å². The third-order valence-electron chi connectivity index (χ3n) is 3.59. The minimum absolute atomic E-state index is 0.0961. The van der Waals surface area contributed by atoms with Crippen LogP contribution < -0.4 is 10.1 Å². The van der Waals surface area contributed by atoms with Crippen molar-refractivity contribution in [1.29, 1.82) is 0 Å². The number of aryl methyl sites for hydroxylation is 2. The number of fused-ring (bicyclic) bond motifs is 1. The van der Waals surface area contributed by atoms with Crippen molar-refractivity contribution in [2.75, 3.05) is 18.2 Å². The highest BCUT2D eigenvalue weighted by Gasteiger charge is 2.09. The van der Waals surface area contributed by atoms with E-state index in [9.17, 15) is 4.79 Å². The van der Waals surface area contributed by atoms with Crippen LogP contribution in [-0.4, -0.2) is 33.7 Å². The average Bonchev–Trinajstić information content (AvgIpc) is 2.99. The summed E-state index contributed by atoms with van der Waals surface area (Å²) in [5.41, 5.74) is 4.51. The molecule has 124 valence electrons. The number of ether oxygens (including phenoxy) is 1. The van der Waals surface area contributed by atoms with Gasteiger partial charge >= 0.3 is 0 Å². The molecule has 6 nitrogen and oxygen atoms in total. The molecule has 0 saturated carbocycles. The molecule has 0 bridgehead atoms. The summed E-state index contributed by atoms with van der Waals surface area (Å²) in [5.74, 6) is 0.921. The lowest BCUT2D eigenvalue weighted by Crippen LogP contribution is -2.14. The van der Waals surface area contributed by atoms with Crippen molar-refractivity contribution < 1.29 is 9.53 Å². The first kappa shape index (κ1) is 16.3. The van der Waals surface area contributed by atoms with Crippen molar-refractivity contribution in [3.8, 4) is 5.75 Å². The van der Waals surface area contributed by atoms with Crippen LogP contribution in [0.25, 0.3) is 11.0 Å². The number of pyridine rings is 1. The van der Waals surface area contributed by atoms with Crippen LogP contribution in [0.2, 0.25) is 0 Å². The number of thioether (sulfide) groups is 1. The molecule has 0 aliphatic heterocycles. The van der Waals surface area contributed by atoms with Crippen molar-refractivity contribution in [1.82, 2.24) is 15.0 Å². The number of imidazole rings is 1. The Hall–Kier alpha value is -2.54. The number of carbonyl (C=O) groups excluding carboxylic acids is 1. The normalized spacial score (nSPS) is 10.8. The summed E-state index contributed by atoms with van der Waals surface area (Å²) in [7, 11) is 1.61. The van der Waals surface area contributed by atoms with Crippen molar-refractivity contribution >= 4 is 34.4 Å². The fourth-order valence-corrected chi connectivity index (χ4v) is 3.02. The Morgan fingerprint density at radius 2 is 2.12 bits per heavy atom. The molecule has 0 unspecified atom stereocenters. The maximum absolute atomic E-state index is 12.1. The summed E-state index contributed by atoms with van der Waals surface area (Å²) >= 11 is 1.36. The molecule has 24 heavy (non-hydrogen) atoms. The van der Waals surface area contributed by atoms with Gasteiger partial charge in [-0.1, -0.05) is 17.8 Å². The standard InChI is InChI=1S/C17H18N4O2S/c1-10-4-5-12(6-14(10)23-3)19-15(22)9-24-17-20-13-8-18-7-11(2)16(13)21-17/h4-8H,9H2,1-3H3,(H,19,22)(H,20,21). The van der Waals surface area contributed by atoms with E-state index in [2.05, 4.69) is 20.3 Å². The Balaban J connectivity index is 1.63. The minimum Gasteiger partial charge on any atom is -0.496 e. The van der Waals surface area contributed by atoms with Crippen LogP contribution in [0.1, 0.15) is 11.1 Å².